The van der Waals surface area contributed by atoms with Crippen LogP contribution in [-0.2, 0) is 0 Å². The van der Waals surface area contributed by atoms with E-state index < -0.39 is 11.6 Å². The monoisotopic (exact) mass is 326 g/mol. The van der Waals surface area contributed by atoms with Crippen molar-refractivity contribution >= 4 is 23.5 Å². The van der Waals surface area contributed by atoms with E-state index >= 15 is 0 Å². The summed E-state index contributed by atoms with van der Waals surface area (Å²) in [5.74, 6) is 0.719. The molecular weight excluding hydrogens is 304 g/mol. The number of aromatic nitrogens is 2. The lowest BCUT2D eigenvalue weighted by Crippen LogP contribution is -2.70. The summed E-state index contributed by atoms with van der Waals surface area (Å²) in [5.41, 5.74) is -0.768. The van der Waals surface area contributed by atoms with Crippen molar-refractivity contribution in [3.8, 4) is 0 Å². The second kappa shape index (κ2) is 5.57. The van der Waals surface area contributed by atoms with E-state index in [4.69, 9.17) is 11.6 Å². The molecule has 0 aliphatic carbocycles. The average Bonchev–Trinajstić information content (AvgIpc) is 2.36. The number of halogens is 1. The highest BCUT2D eigenvalue weighted by atomic mass is 35.5. The molecule has 2 atom stereocenters. The molecule has 1 N–H and O–H groups in total. The summed E-state index contributed by atoms with van der Waals surface area (Å²) in [6.07, 6.45) is -0.883. The zero-order valence-electron chi connectivity index (χ0n) is 13.7. The summed E-state index contributed by atoms with van der Waals surface area (Å²) in [4.78, 5) is 15.4. The fourth-order valence-electron chi connectivity index (χ4n) is 3.05. The summed E-state index contributed by atoms with van der Waals surface area (Å²) in [6, 6.07) is 3.38. The Labute approximate surface area is 136 Å². The van der Waals surface area contributed by atoms with Crippen molar-refractivity contribution in [2.45, 2.75) is 46.2 Å². The molecule has 0 spiro atoms. The summed E-state index contributed by atoms with van der Waals surface area (Å²) in [7, 11) is 0. The number of carbonyl (C=O) groups is 1. The topological polar surface area (TPSA) is 69.6 Å². The molecule has 0 aromatic carbocycles. The normalized spacial score (nSPS) is 26.2. The van der Waals surface area contributed by atoms with Crippen molar-refractivity contribution in [1.82, 2.24) is 15.1 Å². The van der Waals surface area contributed by atoms with Gasteiger partial charge in [-0.25, -0.2) is 4.79 Å². The minimum Gasteiger partial charge on any atom is -0.465 e. The standard InChI is InChI=1S/C15H23ClN4O2/c1-10-8-19(12-7-6-11(16)17-18-12)9-15(5,14(2,3)4)20(10)13(21)22/h6-7,10H,8-9H2,1-5H3,(H,21,22)/t10-,15-/m0/s1. The van der Waals surface area contributed by atoms with Gasteiger partial charge in [-0.1, -0.05) is 32.4 Å². The predicted molar refractivity (Wildman–Crippen MR) is 86.4 cm³/mol. The molecule has 1 aliphatic rings. The van der Waals surface area contributed by atoms with Crippen LogP contribution >= 0.6 is 11.6 Å². The van der Waals surface area contributed by atoms with E-state index in [1.807, 2.05) is 19.9 Å². The lowest BCUT2D eigenvalue weighted by molar-refractivity contribution is -0.0172. The first kappa shape index (κ1) is 16.8. The third kappa shape index (κ3) is 2.84. The third-order valence-corrected chi connectivity index (χ3v) is 4.92. The molecule has 1 aromatic heterocycles. The zero-order chi connectivity index (χ0) is 16.7. The van der Waals surface area contributed by atoms with Crippen LogP contribution in [0.3, 0.4) is 0 Å². The zero-order valence-corrected chi connectivity index (χ0v) is 14.4. The number of hydrogen-bond donors (Lipinski definition) is 1. The van der Waals surface area contributed by atoms with E-state index in [1.54, 1.807) is 11.0 Å². The Morgan fingerprint density at radius 1 is 1.41 bits per heavy atom. The van der Waals surface area contributed by atoms with Gasteiger partial charge in [-0.3, -0.25) is 4.90 Å². The lowest BCUT2D eigenvalue weighted by atomic mass is 9.71. The van der Waals surface area contributed by atoms with Crippen LogP contribution in [0.25, 0.3) is 0 Å². The van der Waals surface area contributed by atoms with Gasteiger partial charge in [0.2, 0.25) is 0 Å². The molecule has 0 unspecified atom stereocenters. The fraction of sp³-hybridized carbons (Fsp3) is 0.667. The van der Waals surface area contributed by atoms with Gasteiger partial charge >= 0.3 is 6.09 Å². The molecule has 122 valence electrons. The number of carboxylic acid groups (broad SMARTS) is 1. The smallest absolute Gasteiger partial charge is 0.408 e. The second-order valence-electron chi connectivity index (χ2n) is 7.12. The Morgan fingerprint density at radius 3 is 2.50 bits per heavy atom. The van der Waals surface area contributed by atoms with Gasteiger partial charge < -0.3 is 10.0 Å². The fourth-order valence-corrected chi connectivity index (χ4v) is 3.15. The summed E-state index contributed by atoms with van der Waals surface area (Å²) >= 11 is 5.79. The van der Waals surface area contributed by atoms with Crippen molar-refractivity contribution in [1.29, 1.82) is 0 Å². The van der Waals surface area contributed by atoms with E-state index in [2.05, 4.69) is 35.9 Å². The third-order valence-electron chi connectivity index (χ3n) is 4.72. The molecule has 1 saturated heterocycles. The van der Waals surface area contributed by atoms with E-state index in [0.717, 1.165) is 5.82 Å². The van der Waals surface area contributed by atoms with E-state index in [9.17, 15) is 9.90 Å². The Balaban J connectivity index is 2.40. The van der Waals surface area contributed by atoms with Crippen LogP contribution < -0.4 is 4.90 Å². The SMILES string of the molecule is C[C@H]1CN(c2ccc(Cl)nn2)C[C@@](C)(C(C)(C)C)N1C(=O)O. The molecule has 0 bridgehead atoms. The first-order chi connectivity index (χ1) is 10.1. The lowest BCUT2D eigenvalue weighted by Gasteiger charge is -2.57. The average molecular weight is 327 g/mol. The van der Waals surface area contributed by atoms with Gasteiger partial charge in [0, 0.05) is 13.1 Å². The highest BCUT2D eigenvalue weighted by Crippen LogP contribution is 2.41. The maximum absolute atomic E-state index is 11.8. The highest BCUT2D eigenvalue weighted by Gasteiger charge is 2.51. The Morgan fingerprint density at radius 2 is 2.05 bits per heavy atom. The first-order valence-corrected chi connectivity index (χ1v) is 7.70. The van der Waals surface area contributed by atoms with Crippen LogP contribution in [0, 0.1) is 5.41 Å². The van der Waals surface area contributed by atoms with Crippen molar-refractivity contribution in [3.05, 3.63) is 17.3 Å². The molecule has 1 fully saturated rings. The number of hydrogen-bond acceptors (Lipinski definition) is 4. The molecule has 0 radical (unpaired) electrons. The van der Waals surface area contributed by atoms with Crippen LogP contribution in [0.1, 0.15) is 34.6 Å². The van der Waals surface area contributed by atoms with Crippen LogP contribution in [0.4, 0.5) is 10.6 Å². The van der Waals surface area contributed by atoms with Crippen molar-refractivity contribution in [3.63, 3.8) is 0 Å². The minimum absolute atomic E-state index is 0.145. The van der Waals surface area contributed by atoms with E-state index in [1.165, 1.54) is 0 Å². The molecular formula is C15H23ClN4O2. The number of piperazine rings is 1. The van der Waals surface area contributed by atoms with Crippen LogP contribution in [-0.4, -0.2) is 51.0 Å². The molecule has 2 heterocycles. The van der Waals surface area contributed by atoms with Gasteiger partial charge in [-0.2, -0.15) is 0 Å². The van der Waals surface area contributed by atoms with Crippen molar-refractivity contribution < 1.29 is 9.90 Å². The van der Waals surface area contributed by atoms with Crippen LogP contribution in [0.15, 0.2) is 12.1 Å². The summed E-state index contributed by atoms with van der Waals surface area (Å²) in [5, 5.41) is 18.0. The summed E-state index contributed by atoms with van der Waals surface area (Å²) < 4.78 is 0. The van der Waals surface area contributed by atoms with Crippen LogP contribution in [0.5, 0.6) is 0 Å². The van der Waals surface area contributed by atoms with Crippen molar-refractivity contribution in [2.75, 3.05) is 18.0 Å². The molecule has 7 heteroatoms. The molecule has 22 heavy (non-hydrogen) atoms. The largest absolute Gasteiger partial charge is 0.465 e. The van der Waals surface area contributed by atoms with Crippen LogP contribution in [0.2, 0.25) is 5.15 Å². The van der Waals surface area contributed by atoms with Gasteiger partial charge in [0.05, 0.1) is 11.6 Å². The number of rotatable bonds is 1. The molecule has 1 amide bonds. The number of amides is 1. The maximum Gasteiger partial charge on any atom is 0.408 e. The van der Waals surface area contributed by atoms with E-state index in [-0.39, 0.29) is 11.5 Å². The Kier molecular flexibility index (Phi) is 4.26. The summed E-state index contributed by atoms with van der Waals surface area (Å²) in [6.45, 7) is 11.2. The minimum atomic E-state index is -0.883. The van der Waals surface area contributed by atoms with Gasteiger partial charge in [-0.15, -0.1) is 10.2 Å². The van der Waals surface area contributed by atoms with Gasteiger partial charge in [-0.05, 0) is 31.4 Å². The first-order valence-electron chi connectivity index (χ1n) is 7.33. The Bertz CT molecular complexity index is 558. The molecule has 2 rings (SSSR count). The predicted octanol–water partition coefficient (Wildman–Crippen LogP) is 3.12. The van der Waals surface area contributed by atoms with Gasteiger partial charge in [0.1, 0.15) is 0 Å². The number of anilines is 1. The van der Waals surface area contributed by atoms with Crippen molar-refractivity contribution in [2.24, 2.45) is 5.41 Å². The molecule has 0 saturated carbocycles. The Hall–Kier alpha value is -1.56. The molecule has 6 nitrogen and oxygen atoms in total. The second-order valence-corrected chi connectivity index (χ2v) is 7.51. The highest BCUT2D eigenvalue weighted by molar-refractivity contribution is 6.29. The van der Waals surface area contributed by atoms with Gasteiger partial charge in [0.15, 0.2) is 11.0 Å². The number of nitrogens with zero attached hydrogens (tertiary/aromatic N) is 4. The molecule has 1 aromatic rings. The quantitative estimate of drug-likeness (QED) is 0.858. The maximum atomic E-state index is 11.8. The molecule has 1 aliphatic heterocycles. The van der Waals surface area contributed by atoms with Gasteiger partial charge in [0.25, 0.3) is 0 Å². The van der Waals surface area contributed by atoms with E-state index in [0.29, 0.717) is 18.2 Å².